The summed E-state index contributed by atoms with van der Waals surface area (Å²) in [5.74, 6) is -1.00. The van der Waals surface area contributed by atoms with Crippen molar-refractivity contribution >= 4 is 40.9 Å². The van der Waals surface area contributed by atoms with E-state index in [1.54, 1.807) is 6.07 Å². The quantitative estimate of drug-likeness (QED) is 0.371. The number of thioether (sulfide) groups is 1. The van der Waals surface area contributed by atoms with Crippen molar-refractivity contribution in [2.24, 2.45) is 0 Å². The first-order chi connectivity index (χ1) is 15.6. The van der Waals surface area contributed by atoms with E-state index in [9.17, 15) is 9.90 Å². The van der Waals surface area contributed by atoms with Crippen LogP contribution < -0.4 is 5.32 Å². The van der Waals surface area contributed by atoms with Crippen LogP contribution in [0.2, 0.25) is 10.0 Å². The summed E-state index contributed by atoms with van der Waals surface area (Å²) >= 11 is 14.5. The van der Waals surface area contributed by atoms with Gasteiger partial charge in [0.15, 0.2) is 0 Å². The van der Waals surface area contributed by atoms with Crippen LogP contribution in [0, 0.1) is 0 Å². The van der Waals surface area contributed by atoms with Gasteiger partial charge in [-0.1, -0.05) is 81.1 Å². The number of aliphatic carboxylic acids is 1. The lowest BCUT2D eigenvalue weighted by Gasteiger charge is -2.40. The molecule has 1 aliphatic carbocycles. The van der Waals surface area contributed by atoms with Crippen LogP contribution in [0.3, 0.4) is 0 Å². The molecule has 2 N–H and O–H groups in total. The Morgan fingerprint density at radius 3 is 2.42 bits per heavy atom. The van der Waals surface area contributed by atoms with E-state index >= 15 is 0 Å². The van der Waals surface area contributed by atoms with Crippen molar-refractivity contribution in [1.82, 2.24) is 5.32 Å². The molecule has 0 radical (unpaired) electrons. The van der Waals surface area contributed by atoms with Crippen LogP contribution in [-0.4, -0.2) is 33.7 Å². The number of carboxylic acids is 1. The van der Waals surface area contributed by atoms with Gasteiger partial charge in [-0.2, -0.15) is 11.8 Å². The maximum atomic E-state index is 11.4. The minimum Gasteiger partial charge on any atom is -0.480 e. The zero-order chi connectivity index (χ0) is 24.0. The van der Waals surface area contributed by atoms with Crippen molar-refractivity contribution in [3.63, 3.8) is 0 Å². The standard InChI is InChI=1S/C26H33Cl2NO3S/c1-26(2,3)33-22-10-5-4-9-21(22)29-24(17-11-13-19(27)14-12-17)25(32-16-23(30)31)18-7-6-8-20(28)15-18/h6-8,11-15,21-22,24-25,29H,4-5,9-10,16H2,1-3H3,(H,30,31)/t21-,22-,24+,25-/m1/s1. The van der Waals surface area contributed by atoms with Crippen LogP contribution in [0.4, 0.5) is 0 Å². The van der Waals surface area contributed by atoms with Gasteiger partial charge in [0.05, 0.1) is 6.04 Å². The Labute approximate surface area is 211 Å². The summed E-state index contributed by atoms with van der Waals surface area (Å²) in [7, 11) is 0. The van der Waals surface area contributed by atoms with Gasteiger partial charge in [0, 0.05) is 26.1 Å². The molecule has 2 aromatic carbocycles. The van der Waals surface area contributed by atoms with Crippen LogP contribution in [0.1, 0.15) is 69.7 Å². The maximum Gasteiger partial charge on any atom is 0.329 e. The zero-order valence-electron chi connectivity index (χ0n) is 19.4. The van der Waals surface area contributed by atoms with E-state index < -0.39 is 18.7 Å². The minimum atomic E-state index is -1.00. The Morgan fingerprint density at radius 2 is 1.79 bits per heavy atom. The SMILES string of the molecule is CC(C)(C)S[C@@H]1CCCC[C@H]1N[C@@H](c1ccc(Cl)cc1)[C@H](OCC(=O)O)c1cccc(Cl)c1. The molecule has 0 spiro atoms. The first kappa shape index (κ1) is 26.4. The van der Waals surface area contributed by atoms with Gasteiger partial charge in [-0.3, -0.25) is 0 Å². The number of carboxylic acid groups (broad SMARTS) is 1. The topological polar surface area (TPSA) is 58.6 Å². The fraction of sp³-hybridized carbons (Fsp3) is 0.500. The molecular weight excluding hydrogens is 477 g/mol. The third kappa shape index (κ3) is 8.18. The molecule has 0 bridgehead atoms. The molecule has 0 aromatic heterocycles. The van der Waals surface area contributed by atoms with Crippen LogP contribution >= 0.6 is 35.0 Å². The molecule has 4 nitrogen and oxygen atoms in total. The van der Waals surface area contributed by atoms with E-state index in [0.717, 1.165) is 24.0 Å². The predicted molar refractivity (Wildman–Crippen MR) is 138 cm³/mol. The van der Waals surface area contributed by atoms with E-state index in [4.69, 9.17) is 27.9 Å². The van der Waals surface area contributed by atoms with Gasteiger partial charge in [-0.15, -0.1) is 0 Å². The van der Waals surface area contributed by atoms with E-state index in [0.29, 0.717) is 15.3 Å². The highest BCUT2D eigenvalue weighted by Crippen LogP contribution is 2.40. The van der Waals surface area contributed by atoms with Crippen molar-refractivity contribution in [3.05, 3.63) is 69.7 Å². The number of hydrogen-bond acceptors (Lipinski definition) is 4. The van der Waals surface area contributed by atoms with Crippen molar-refractivity contribution < 1.29 is 14.6 Å². The maximum absolute atomic E-state index is 11.4. The highest BCUT2D eigenvalue weighted by Gasteiger charge is 2.34. The van der Waals surface area contributed by atoms with Gasteiger partial charge < -0.3 is 15.2 Å². The molecule has 4 atom stereocenters. The number of hydrogen-bond donors (Lipinski definition) is 2. The Kier molecular flexibility index (Phi) is 9.54. The van der Waals surface area contributed by atoms with Crippen LogP contribution in [0.15, 0.2) is 48.5 Å². The summed E-state index contributed by atoms with van der Waals surface area (Å²) in [6.45, 7) is 6.37. The van der Waals surface area contributed by atoms with Crippen molar-refractivity contribution in [3.8, 4) is 0 Å². The summed E-state index contributed by atoms with van der Waals surface area (Å²) in [6.07, 6.45) is 4.10. The smallest absolute Gasteiger partial charge is 0.329 e. The number of benzene rings is 2. The number of carbonyl (C=O) groups is 1. The summed E-state index contributed by atoms with van der Waals surface area (Å²) in [5, 5.41) is 14.9. The van der Waals surface area contributed by atoms with E-state index in [-0.39, 0.29) is 16.8 Å². The molecular formula is C26H33Cl2NO3S. The van der Waals surface area contributed by atoms with E-state index in [1.165, 1.54) is 12.8 Å². The Hall–Kier alpha value is -1.24. The van der Waals surface area contributed by atoms with Gasteiger partial charge >= 0.3 is 5.97 Å². The summed E-state index contributed by atoms with van der Waals surface area (Å²) in [5.41, 5.74) is 1.84. The Morgan fingerprint density at radius 1 is 1.09 bits per heavy atom. The fourth-order valence-corrected chi connectivity index (χ4v) is 6.27. The molecule has 1 aliphatic rings. The molecule has 1 saturated carbocycles. The number of halogens is 2. The lowest BCUT2D eigenvalue weighted by molar-refractivity contribution is -0.145. The molecule has 2 aromatic rings. The second kappa shape index (κ2) is 11.9. The lowest BCUT2D eigenvalue weighted by atomic mass is 9.90. The summed E-state index contributed by atoms with van der Waals surface area (Å²) < 4.78 is 6.17. The van der Waals surface area contributed by atoms with E-state index in [2.05, 4.69) is 26.1 Å². The van der Waals surface area contributed by atoms with Crippen molar-refractivity contribution in [2.75, 3.05) is 6.61 Å². The van der Waals surface area contributed by atoms with Gasteiger partial charge in [0.2, 0.25) is 0 Å². The van der Waals surface area contributed by atoms with Gasteiger partial charge in [0.1, 0.15) is 12.7 Å². The number of rotatable bonds is 9. The average molecular weight is 511 g/mol. The number of ether oxygens (including phenoxy) is 1. The highest BCUT2D eigenvalue weighted by molar-refractivity contribution is 8.01. The first-order valence-corrected chi connectivity index (χ1v) is 13.0. The van der Waals surface area contributed by atoms with Crippen LogP contribution in [0.25, 0.3) is 0 Å². The molecule has 1 fully saturated rings. The third-order valence-electron chi connectivity index (χ3n) is 5.70. The molecule has 0 unspecified atom stereocenters. The van der Waals surface area contributed by atoms with E-state index in [1.807, 2.05) is 54.2 Å². The average Bonchev–Trinajstić information content (AvgIpc) is 2.74. The molecule has 33 heavy (non-hydrogen) atoms. The largest absolute Gasteiger partial charge is 0.480 e. The molecule has 0 heterocycles. The molecule has 0 saturated heterocycles. The third-order valence-corrected chi connectivity index (χ3v) is 7.76. The molecule has 3 rings (SSSR count). The molecule has 0 amide bonds. The monoisotopic (exact) mass is 509 g/mol. The van der Waals surface area contributed by atoms with Crippen LogP contribution in [-0.2, 0) is 9.53 Å². The highest BCUT2D eigenvalue weighted by atomic mass is 35.5. The van der Waals surface area contributed by atoms with Gasteiger partial charge in [-0.25, -0.2) is 4.79 Å². The lowest BCUT2D eigenvalue weighted by Crippen LogP contribution is -2.45. The zero-order valence-corrected chi connectivity index (χ0v) is 21.7. The molecule has 180 valence electrons. The van der Waals surface area contributed by atoms with Crippen LogP contribution in [0.5, 0.6) is 0 Å². The molecule has 0 aliphatic heterocycles. The Bertz CT molecular complexity index is 916. The second-order valence-corrected chi connectivity index (χ2v) is 12.5. The normalized spacial score (nSPS) is 20.9. The summed E-state index contributed by atoms with van der Waals surface area (Å²) in [4.78, 5) is 11.4. The first-order valence-electron chi connectivity index (χ1n) is 11.4. The number of nitrogens with one attached hydrogen (secondary N) is 1. The second-order valence-electron chi connectivity index (χ2n) is 9.54. The van der Waals surface area contributed by atoms with Crippen molar-refractivity contribution in [2.45, 2.75) is 74.6 Å². The fourth-order valence-electron chi connectivity index (χ4n) is 4.37. The Balaban J connectivity index is 1.99. The predicted octanol–water partition coefficient (Wildman–Crippen LogP) is 7.31. The van der Waals surface area contributed by atoms with Gasteiger partial charge in [-0.05, 0) is 48.2 Å². The summed E-state index contributed by atoms with van der Waals surface area (Å²) in [6, 6.07) is 15.2. The van der Waals surface area contributed by atoms with Gasteiger partial charge in [0.25, 0.3) is 0 Å². The van der Waals surface area contributed by atoms with Crippen molar-refractivity contribution in [1.29, 1.82) is 0 Å². The molecule has 7 heteroatoms. The minimum absolute atomic E-state index is 0.157.